The summed E-state index contributed by atoms with van der Waals surface area (Å²) in [6, 6.07) is 8.38. The molecular formula is C24H34N4O2S. The molecule has 0 N–H and O–H groups in total. The van der Waals surface area contributed by atoms with Crippen molar-refractivity contribution in [1.29, 1.82) is 0 Å². The van der Waals surface area contributed by atoms with Crippen LogP contribution < -0.4 is 4.74 Å². The van der Waals surface area contributed by atoms with Gasteiger partial charge in [-0.25, -0.2) is 0 Å². The van der Waals surface area contributed by atoms with Gasteiger partial charge < -0.3 is 14.2 Å². The first-order valence-corrected chi connectivity index (χ1v) is 12.7. The molecule has 1 saturated heterocycles. The topological polar surface area (TPSA) is 60.2 Å². The van der Waals surface area contributed by atoms with Crippen LogP contribution in [0, 0.1) is 5.92 Å². The van der Waals surface area contributed by atoms with E-state index in [4.69, 9.17) is 4.74 Å². The van der Waals surface area contributed by atoms with E-state index in [1.807, 2.05) is 24.3 Å². The largest absolute Gasteiger partial charge is 0.497 e. The molecule has 1 aromatic heterocycles. The number of ether oxygens (including phenoxy) is 1. The Morgan fingerprint density at radius 2 is 1.90 bits per heavy atom. The first kappa shape index (κ1) is 22.2. The second kappa shape index (κ2) is 10.5. The number of likely N-dealkylation sites (tertiary alicyclic amines) is 1. The Labute approximate surface area is 189 Å². The number of carbonyl (C=O) groups excluding carboxylic acids is 1. The molecule has 6 nitrogen and oxygen atoms in total. The standard InChI is InChI=1S/C24H34N4O2S/c1-3-4-15-28-23(19-11-13-20(30-2)14-12-19)25-26-24(28)31-17-22(29)27-16-7-9-18-8-5-6-10-21(18)27/h11-14,18,21H,3-10,15-17H2,1-2H3. The van der Waals surface area contributed by atoms with Gasteiger partial charge in [0.1, 0.15) is 5.75 Å². The molecule has 1 saturated carbocycles. The van der Waals surface area contributed by atoms with Crippen molar-refractivity contribution in [1.82, 2.24) is 19.7 Å². The SMILES string of the molecule is CCCCn1c(SCC(=O)N2CCCC3CCCCC32)nnc1-c1ccc(OC)cc1. The quantitative estimate of drug-likeness (QED) is 0.537. The molecular weight excluding hydrogens is 408 g/mol. The lowest BCUT2D eigenvalue weighted by atomic mass is 9.78. The van der Waals surface area contributed by atoms with E-state index in [1.54, 1.807) is 7.11 Å². The van der Waals surface area contributed by atoms with Crippen molar-refractivity contribution in [3.63, 3.8) is 0 Å². The number of hydrogen-bond donors (Lipinski definition) is 0. The van der Waals surface area contributed by atoms with Crippen molar-refractivity contribution in [2.24, 2.45) is 5.92 Å². The van der Waals surface area contributed by atoms with E-state index in [9.17, 15) is 4.79 Å². The van der Waals surface area contributed by atoms with E-state index in [2.05, 4.69) is 26.6 Å². The number of fused-ring (bicyclic) bond motifs is 1. The van der Waals surface area contributed by atoms with Gasteiger partial charge in [-0.05, 0) is 62.3 Å². The van der Waals surface area contributed by atoms with Gasteiger partial charge in [-0.15, -0.1) is 10.2 Å². The normalized spacial score (nSPS) is 21.0. The Morgan fingerprint density at radius 3 is 2.68 bits per heavy atom. The molecule has 168 valence electrons. The summed E-state index contributed by atoms with van der Waals surface area (Å²) < 4.78 is 7.45. The summed E-state index contributed by atoms with van der Waals surface area (Å²) in [5.74, 6) is 3.10. The minimum atomic E-state index is 0.262. The molecule has 0 bridgehead atoms. The molecule has 4 rings (SSSR count). The maximum atomic E-state index is 13.1. The first-order chi connectivity index (χ1) is 15.2. The summed E-state index contributed by atoms with van der Waals surface area (Å²) in [4.78, 5) is 15.3. The lowest BCUT2D eigenvalue weighted by Crippen LogP contribution is -2.50. The number of piperidine rings is 1. The lowest BCUT2D eigenvalue weighted by molar-refractivity contribution is -0.134. The number of hydrogen-bond acceptors (Lipinski definition) is 5. The Balaban J connectivity index is 1.47. The molecule has 2 unspecified atom stereocenters. The Bertz CT molecular complexity index is 865. The van der Waals surface area contributed by atoms with Crippen molar-refractivity contribution in [2.45, 2.75) is 76.0 Å². The summed E-state index contributed by atoms with van der Waals surface area (Å²) in [6.45, 7) is 3.96. The fourth-order valence-electron chi connectivity index (χ4n) is 5.01. The van der Waals surface area contributed by atoms with Gasteiger partial charge in [-0.1, -0.05) is 37.9 Å². The molecule has 2 fully saturated rings. The first-order valence-electron chi connectivity index (χ1n) is 11.7. The summed E-state index contributed by atoms with van der Waals surface area (Å²) in [7, 11) is 1.67. The van der Waals surface area contributed by atoms with Crippen LogP contribution in [0.1, 0.15) is 58.3 Å². The molecule has 1 aliphatic carbocycles. The van der Waals surface area contributed by atoms with Crippen LogP contribution in [0.5, 0.6) is 5.75 Å². The molecule has 0 radical (unpaired) electrons. The zero-order valence-electron chi connectivity index (χ0n) is 18.8. The Morgan fingerprint density at radius 1 is 1.13 bits per heavy atom. The highest BCUT2D eigenvalue weighted by atomic mass is 32.2. The average Bonchev–Trinajstić information content (AvgIpc) is 3.23. The van der Waals surface area contributed by atoms with Gasteiger partial charge in [-0.3, -0.25) is 4.79 Å². The van der Waals surface area contributed by atoms with Gasteiger partial charge in [0, 0.05) is 24.7 Å². The van der Waals surface area contributed by atoms with Gasteiger partial charge in [0.2, 0.25) is 5.91 Å². The average molecular weight is 443 g/mol. The number of benzene rings is 1. The van der Waals surface area contributed by atoms with Crippen molar-refractivity contribution < 1.29 is 9.53 Å². The van der Waals surface area contributed by atoms with E-state index < -0.39 is 0 Å². The number of unbranched alkanes of at least 4 members (excludes halogenated alkanes) is 1. The lowest BCUT2D eigenvalue weighted by Gasteiger charge is -2.44. The number of carbonyl (C=O) groups is 1. The van der Waals surface area contributed by atoms with Gasteiger partial charge in [0.05, 0.1) is 12.9 Å². The van der Waals surface area contributed by atoms with Crippen molar-refractivity contribution in [3.05, 3.63) is 24.3 Å². The van der Waals surface area contributed by atoms with Crippen LogP contribution in [0.15, 0.2) is 29.4 Å². The number of nitrogens with zero attached hydrogens (tertiary/aromatic N) is 4. The van der Waals surface area contributed by atoms with Crippen LogP contribution in [0.2, 0.25) is 0 Å². The van der Waals surface area contributed by atoms with E-state index in [0.29, 0.717) is 17.7 Å². The van der Waals surface area contributed by atoms with Crippen molar-refractivity contribution in [3.8, 4) is 17.1 Å². The van der Waals surface area contributed by atoms with E-state index in [1.165, 1.54) is 43.9 Å². The van der Waals surface area contributed by atoms with Gasteiger partial charge in [0.15, 0.2) is 11.0 Å². The summed E-state index contributed by atoms with van der Waals surface area (Å²) in [5, 5.41) is 9.78. The highest BCUT2D eigenvalue weighted by Crippen LogP contribution is 2.36. The minimum Gasteiger partial charge on any atom is -0.497 e. The monoisotopic (exact) mass is 442 g/mol. The van der Waals surface area contributed by atoms with Crippen LogP contribution in [-0.2, 0) is 11.3 Å². The molecule has 2 aliphatic rings. The van der Waals surface area contributed by atoms with Gasteiger partial charge in [0.25, 0.3) is 0 Å². The summed E-state index contributed by atoms with van der Waals surface area (Å²) in [5.41, 5.74) is 1.02. The fraction of sp³-hybridized carbons (Fsp3) is 0.625. The molecule has 7 heteroatoms. The van der Waals surface area contributed by atoms with Crippen molar-refractivity contribution >= 4 is 17.7 Å². The third-order valence-corrected chi connectivity index (χ3v) is 7.64. The molecule has 2 heterocycles. The fourth-order valence-corrected chi connectivity index (χ4v) is 5.86. The van der Waals surface area contributed by atoms with Crippen LogP contribution in [0.3, 0.4) is 0 Å². The van der Waals surface area contributed by atoms with Crippen molar-refractivity contribution in [2.75, 3.05) is 19.4 Å². The molecule has 1 aliphatic heterocycles. The summed E-state index contributed by atoms with van der Waals surface area (Å²) >= 11 is 1.54. The third-order valence-electron chi connectivity index (χ3n) is 6.69. The van der Waals surface area contributed by atoms with Crippen LogP contribution in [0.4, 0.5) is 0 Å². The predicted octanol–water partition coefficient (Wildman–Crippen LogP) is 5.03. The van der Waals surface area contributed by atoms with Gasteiger partial charge >= 0.3 is 0 Å². The van der Waals surface area contributed by atoms with Crippen LogP contribution in [0.25, 0.3) is 11.4 Å². The molecule has 0 spiro atoms. The zero-order chi connectivity index (χ0) is 21.6. The highest BCUT2D eigenvalue weighted by molar-refractivity contribution is 7.99. The van der Waals surface area contributed by atoms with Crippen LogP contribution in [-0.4, -0.2) is 51.0 Å². The predicted molar refractivity (Wildman–Crippen MR) is 124 cm³/mol. The second-order valence-electron chi connectivity index (χ2n) is 8.67. The van der Waals surface area contributed by atoms with Gasteiger partial charge in [-0.2, -0.15) is 0 Å². The Hall–Kier alpha value is -2.02. The Kier molecular flexibility index (Phi) is 7.54. The summed E-state index contributed by atoms with van der Waals surface area (Å²) in [6.07, 6.45) is 9.64. The third kappa shape index (κ3) is 5.08. The number of aromatic nitrogens is 3. The van der Waals surface area contributed by atoms with E-state index in [-0.39, 0.29) is 5.91 Å². The number of methoxy groups -OCH3 is 1. The highest BCUT2D eigenvalue weighted by Gasteiger charge is 2.35. The van der Waals surface area contributed by atoms with Crippen LogP contribution >= 0.6 is 11.8 Å². The molecule has 31 heavy (non-hydrogen) atoms. The maximum absolute atomic E-state index is 13.1. The van der Waals surface area contributed by atoms with E-state index in [0.717, 1.165) is 54.6 Å². The smallest absolute Gasteiger partial charge is 0.233 e. The molecule has 1 amide bonds. The molecule has 2 atom stereocenters. The number of amides is 1. The van der Waals surface area contributed by atoms with E-state index >= 15 is 0 Å². The second-order valence-corrected chi connectivity index (χ2v) is 9.61. The number of rotatable bonds is 8. The molecule has 2 aromatic rings. The molecule has 1 aromatic carbocycles. The zero-order valence-corrected chi connectivity index (χ0v) is 19.6. The minimum absolute atomic E-state index is 0.262. The number of thioether (sulfide) groups is 1. The maximum Gasteiger partial charge on any atom is 0.233 e.